The molecule has 80 heavy (non-hydrogen) atoms. The average Bonchev–Trinajstić information content (AvgIpc) is 4.13. The van der Waals surface area contributed by atoms with Crippen LogP contribution in [0.5, 0.6) is 0 Å². The summed E-state index contributed by atoms with van der Waals surface area (Å²) in [5, 5.41) is 12.7. The second kappa shape index (κ2) is 28.5. The van der Waals surface area contributed by atoms with Gasteiger partial charge in [0.15, 0.2) is 0 Å². The van der Waals surface area contributed by atoms with Gasteiger partial charge in [0.25, 0.3) is 0 Å². The van der Waals surface area contributed by atoms with Crippen molar-refractivity contribution < 1.29 is 41.5 Å². The van der Waals surface area contributed by atoms with Gasteiger partial charge in [-0.3, -0.25) is 0 Å². The number of nitrogens with one attached hydrogen (secondary N) is 4. The van der Waals surface area contributed by atoms with E-state index in [9.17, 15) is 22.8 Å². The Labute approximate surface area is 493 Å². The van der Waals surface area contributed by atoms with Crippen LogP contribution in [0.1, 0.15) is 99.1 Å². The molecule has 4 N–H and O–H groups in total. The van der Waals surface area contributed by atoms with Crippen LogP contribution >= 0.6 is 36.1 Å². The molecule has 5 saturated heterocycles. The number of anilines is 6. The second-order valence-electron chi connectivity index (χ2n) is 22.9. The number of halogens is 4. The average molecular weight is 1250 g/mol. The molecule has 0 bridgehead atoms. The first kappa shape index (κ1) is 64.4. The van der Waals surface area contributed by atoms with E-state index in [1.165, 1.54) is 8.47 Å². The van der Waals surface area contributed by atoms with Gasteiger partial charge >= 0.3 is 25.4 Å². The van der Waals surface area contributed by atoms with Crippen LogP contribution in [0.2, 0.25) is 0 Å². The highest BCUT2D eigenvalue weighted by Gasteiger charge is 2.52. The van der Waals surface area contributed by atoms with E-state index in [0.29, 0.717) is 30.6 Å². The predicted octanol–water partition coefficient (Wildman–Crippen LogP) is 11.5. The minimum atomic E-state index is -4.20. The molecule has 5 fully saturated rings. The molecule has 22 heteroatoms. The first-order valence-corrected chi connectivity index (χ1v) is 29.1. The quantitative estimate of drug-likeness (QED) is 0.0787. The number of amides is 4. The van der Waals surface area contributed by atoms with Crippen molar-refractivity contribution in [1.29, 1.82) is 0 Å². The summed E-state index contributed by atoms with van der Waals surface area (Å²) in [5.74, 6) is 3.89. The van der Waals surface area contributed by atoms with Gasteiger partial charge in [-0.25, -0.2) is 19.6 Å². The van der Waals surface area contributed by atoms with E-state index in [4.69, 9.17) is 23.8 Å². The molecule has 5 aliphatic heterocycles. The molecule has 0 saturated carbocycles. The third kappa shape index (κ3) is 18.1. The molecule has 0 unspecified atom stereocenters. The highest BCUT2D eigenvalue weighted by atomic mass is 127. The van der Waals surface area contributed by atoms with Crippen molar-refractivity contribution in [2.24, 2.45) is 11.8 Å². The van der Waals surface area contributed by atoms with E-state index in [-0.39, 0.29) is 32.1 Å². The molecular formula is C58H85BF3IN10O6S. The Balaban J connectivity index is 0.000000202. The van der Waals surface area contributed by atoms with E-state index in [2.05, 4.69) is 137 Å². The van der Waals surface area contributed by atoms with Gasteiger partial charge in [0, 0.05) is 85.8 Å². The summed E-state index contributed by atoms with van der Waals surface area (Å²) in [5.41, 5.74) is 5.56. The minimum Gasteiger partial charge on any atom is -0.399 e. The number of morpholine rings is 2. The van der Waals surface area contributed by atoms with Crippen molar-refractivity contribution in [3.05, 3.63) is 75.4 Å². The number of alkyl halides is 3. The molecule has 2 atom stereocenters. The summed E-state index contributed by atoms with van der Waals surface area (Å²) in [6.45, 7) is 31.3. The number of urea groups is 2. The number of hydrogen-bond donors (Lipinski definition) is 4. The normalized spacial score (nSPS) is 19.7. The number of hydrogen-bond acceptors (Lipinski definition) is 12. The maximum atomic E-state index is 12.8. The standard InChI is InChI=1S/C26H37N5O2.C20H28BF3N2O3.C12H18IN3O.H2S/c1-5-20-8-9-31(17-20)26(32)28-22-7-6-19(4)23(16-22)21-14-24(27-18(2)3)29-25(15-21)30-10-12-33-13-11-30;1-13-6-7-15(10-16(13)21-28-18(2,3)19(4,5)29-21)25-17(27)26-9-8-14(12-26)11-20(22,23)24;1-9(2)14-11-7-10(13)8-12(15-11)16-3-5-17-6-4-16;/h6-7,14-16,18,20H,5,8-13,17H2,1-4H3,(H,27,29)(H,28,32);6-7,10,14H,8-9,11-12H2,1-5H3,(H,25,27);7-9H,3-6H2,1-2H3,(H,14,15);1H2/t20-;14-;;/m10../s1. The molecule has 5 aliphatic rings. The summed E-state index contributed by atoms with van der Waals surface area (Å²) in [6, 6.07) is 20.3. The van der Waals surface area contributed by atoms with Crippen molar-refractivity contribution in [2.45, 2.75) is 131 Å². The number of rotatable bonds is 12. The minimum absolute atomic E-state index is 0. The fourth-order valence-corrected chi connectivity index (χ4v) is 10.6. The van der Waals surface area contributed by atoms with Crippen molar-refractivity contribution in [1.82, 2.24) is 19.8 Å². The van der Waals surface area contributed by atoms with Crippen LogP contribution in [0.4, 0.5) is 57.4 Å². The molecule has 2 aromatic heterocycles. The summed E-state index contributed by atoms with van der Waals surface area (Å²) in [4.78, 5) is 42.8. The highest BCUT2D eigenvalue weighted by Crippen LogP contribution is 2.38. The Morgan fingerprint density at radius 3 is 1.66 bits per heavy atom. The van der Waals surface area contributed by atoms with Gasteiger partial charge in [-0.1, -0.05) is 31.0 Å². The molecule has 0 radical (unpaired) electrons. The number of aryl methyl sites for hydroxylation is 2. The van der Waals surface area contributed by atoms with E-state index in [1.807, 2.05) is 51.7 Å². The van der Waals surface area contributed by atoms with Gasteiger partial charge in [0.05, 0.1) is 37.6 Å². The van der Waals surface area contributed by atoms with Crippen molar-refractivity contribution >= 4 is 95.4 Å². The molecule has 9 rings (SSSR count). The first-order chi connectivity index (χ1) is 37.3. The fourth-order valence-electron chi connectivity index (χ4n) is 10.0. The molecule has 0 aliphatic carbocycles. The van der Waals surface area contributed by atoms with E-state index in [1.54, 1.807) is 12.1 Å². The largest absolute Gasteiger partial charge is 0.495 e. The zero-order valence-electron chi connectivity index (χ0n) is 48.6. The van der Waals surface area contributed by atoms with Crippen LogP contribution < -0.4 is 36.5 Å². The Hall–Kier alpha value is -4.75. The molecule has 2 aromatic carbocycles. The van der Waals surface area contributed by atoms with Crippen LogP contribution in [0.15, 0.2) is 60.7 Å². The third-order valence-electron chi connectivity index (χ3n) is 15.2. The van der Waals surface area contributed by atoms with E-state index >= 15 is 0 Å². The summed E-state index contributed by atoms with van der Waals surface area (Å²) in [6.07, 6.45) is -2.48. The number of benzene rings is 2. The van der Waals surface area contributed by atoms with Crippen LogP contribution in [0, 0.1) is 29.3 Å². The molecular weight excluding hydrogens is 1160 g/mol. The fraction of sp³-hybridized carbons (Fsp3) is 0.586. The zero-order chi connectivity index (χ0) is 57.2. The van der Waals surface area contributed by atoms with Gasteiger partial charge in [-0.2, -0.15) is 26.7 Å². The van der Waals surface area contributed by atoms with Gasteiger partial charge in [0.1, 0.15) is 23.3 Å². The monoisotopic (exact) mass is 1240 g/mol. The SMILES string of the molecule is CC(C)Nc1cc(I)cc(N2CCOCC2)n1.CC[C@@H]1CCN(C(=O)Nc2ccc(C)c(-c3cc(NC(C)C)nc(N4CCOCC4)c3)c2)C1.Cc1ccc(NC(=O)N2CC[C@@H](CC(F)(F)F)C2)cc1B1OC(C)(C)C(C)(C)O1.S. The molecule has 0 spiro atoms. The summed E-state index contributed by atoms with van der Waals surface area (Å²) >= 11 is 2.34. The predicted molar refractivity (Wildman–Crippen MR) is 331 cm³/mol. The Morgan fingerprint density at radius 1 is 0.688 bits per heavy atom. The number of ether oxygens (including phenoxy) is 2. The van der Waals surface area contributed by atoms with Gasteiger partial charge < -0.3 is 59.6 Å². The topological polar surface area (TPSA) is 158 Å². The Morgan fingerprint density at radius 2 is 1.16 bits per heavy atom. The number of likely N-dealkylation sites (tertiary alicyclic amines) is 2. The summed E-state index contributed by atoms with van der Waals surface area (Å²) < 4.78 is 62.0. The second-order valence-corrected chi connectivity index (χ2v) is 24.1. The lowest BCUT2D eigenvalue weighted by molar-refractivity contribution is -0.143. The number of carbonyl (C=O) groups is 2. The summed E-state index contributed by atoms with van der Waals surface area (Å²) in [7, 11) is -0.556. The molecule has 7 heterocycles. The lowest BCUT2D eigenvalue weighted by Gasteiger charge is -2.32. The van der Waals surface area contributed by atoms with Gasteiger partial charge in [-0.05, 0) is 187 Å². The van der Waals surface area contributed by atoms with Gasteiger partial charge in [0.2, 0.25) is 0 Å². The number of pyridine rings is 2. The van der Waals surface area contributed by atoms with E-state index in [0.717, 1.165) is 135 Å². The van der Waals surface area contributed by atoms with Crippen LogP contribution in [-0.4, -0.2) is 147 Å². The maximum Gasteiger partial charge on any atom is 0.495 e. The lowest BCUT2D eigenvalue weighted by atomic mass is 9.76. The van der Waals surface area contributed by atoms with Crippen molar-refractivity contribution in [3.63, 3.8) is 0 Å². The zero-order valence-corrected chi connectivity index (χ0v) is 51.8. The van der Waals surface area contributed by atoms with E-state index < -0.39 is 42.9 Å². The highest BCUT2D eigenvalue weighted by molar-refractivity contribution is 14.1. The number of nitrogens with zero attached hydrogens (tertiary/aromatic N) is 6. The van der Waals surface area contributed by atoms with Crippen molar-refractivity contribution in [3.8, 4) is 11.1 Å². The smallest absolute Gasteiger partial charge is 0.399 e. The van der Waals surface area contributed by atoms with Crippen molar-refractivity contribution in [2.75, 3.05) is 110 Å². The number of aromatic nitrogens is 2. The molecule has 440 valence electrons. The van der Waals surface area contributed by atoms with Crippen LogP contribution in [0.25, 0.3) is 11.1 Å². The maximum absolute atomic E-state index is 12.8. The van der Waals surface area contributed by atoms with Crippen LogP contribution in [0.3, 0.4) is 0 Å². The molecule has 16 nitrogen and oxygen atoms in total. The lowest BCUT2D eigenvalue weighted by Crippen LogP contribution is -2.41. The number of carbonyl (C=O) groups excluding carboxylic acids is 2. The third-order valence-corrected chi connectivity index (χ3v) is 15.8. The molecule has 4 amide bonds. The van der Waals surface area contributed by atoms with Crippen LogP contribution in [-0.2, 0) is 18.8 Å². The first-order valence-electron chi connectivity index (χ1n) is 28.0. The molecule has 4 aromatic rings. The van der Waals surface area contributed by atoms with Gasteiger partial charge in [-0.15, -0.1) is 0 Å². The Bertz CT molecular complexity index is 2680. The Kier molecular flexibility index (Phi) is 22.9.